The molecule has 2 heterocycles. The number of aromatic nitrogens is 3. The normalized spacial score (nSPS) is 14.9. The van der Waals surface area contributed by atoms with E-state index in [1.807, 2.05) is 11.6 Å². The van der Waals surface area contributed by atoms with Gasteiger partial charge in [-0.15, -0.1) is 34.2 Å². The summed E-state index contributed by atoms with van der Waals surface area (Å²) in [5.41, 5.74) is 4.08. The van der Waals surface area contributed by atoms with Crippen molar-refractivity contribution in [2.45, 2.75) is 27.3 Å². The Hall–Kier alpha value is -1.84. The van der Waals surface area contributed by atoms with Crippen LogP contribution in [-0.4, -0.2) is 58.3 Å². The summed E-state index contributed by atoms with van der Waals surface area (Å²) in [6.07, 6.45) is 1.71. The Bertz CT molecular complexity index is 763. The summed E-state index contributed by atoms with van der Waals surface area (Å²) in [5, 5.41) is 11.4. The SMILES string of the molecule is CCNC(=NCc1nncn1C)N1CCN(c2cccc(C)c2C)CC1.I. The molecule has 1 N–H and O–H groups in total. The van der Waals surface area contributed by atoms with Crippen LogP contribution in [0.2, 0.25) is 0 Å². The van der Waals surface area contributed by atoms with Crippen molar-refractivity contribution in [2.24, 2.45) is 12.0 Å². The lowest BCUT2D eigenvalue weighted by atomic mass is 10.1. The Balaban J connectivity index is 0.00000261. The minimum atomic E-state index is 0. The molecule has 1 aromatic heterocycles. The van der Waals surface area contributed by atoms with Gasteiger partial charge in [-0.25, -0.2) is 4.99 Å². The fourth-order valence-electron chi connectivity index (χ4n) is 3.26. The van der Waals surface area contributed by atoms with Crippen molar-refractivity contribution >= 4 is 35.6 Å². The number of rotatable bonds is 4. The summed E-state index contributed by atoms with van der Waals surface area (Å²) >= 11 is 0. The molecular weight excluding hydrogens is 453 g/mol. The first-order valence-electron chi connectivity index (χ1n) is 9.27. The van der Waals surface area contributed by atoms with Gasteiger partial charge in [0, 0.05) is 45.5 Å². The zero-order valence-electron chi connectivity index (χ0n) is 16.6. The first kappa shape index (κ1) is 21.5. The molecule has 1 aliphatic rings. The number of aliphatic imine (C=N–C) groups is 1. The van der Waals surface area contributed by atoms with E-state index in [4.69, 9.17) is 4.99 Å². The molecule has 8 heteroatoms. The molecule has 0 aliphatic carbocycles. The number of nitrogens with one attached hydrogen (secondary N) is 1. The largest absolute Gasteiger partial charge is 0.368 e. The number of hydrogen-bond donors (Lipinski definition) is 1. The van der Waals surface area contributed by atoms with E-state index in [2.05, 4.69) is 64.3 Å². The summed E-state index contributed by atoms with van der Waals surface area (Å²) < 4.78 is 1.91. The van der Waals surface area contributed by atoms with E-state index in [0.717, 1.165) is 44.5 Å². The number of hydrogen-bond acceptors (Lipinski definition) is 4. The topological polar surface area (TPSA) is 61.6 Å². The van der Waals surface area contributed by atoms with Crippen LogP contribution in [0.1, 0.15) is 23.9 Å². The van der Waals surface area contributed by atoms with Gasteiger partial charge in [-0.05, 0) is 38.0 Å². The van der Waals surface area contributed by atoms with Crippen LogP contribution in [0.15, 0.2) is 29.5 Å². The molecule has 1 aromatic carbocycles. The predicted molar refractivity (Wildman–Crippen MR) is 121 cm³/mol. The molecule has 0 spiro atoms. The molecule has 148 valence electrons. The van der Waals surface area contributed by atoms with Crippen LogP contribution in [0.3, 0.4) is 0 Å². The van der Waals surface area contributed by atoms with E-state index in [-0.39, 0.29) is 24.0 Å². The first-order valence-corrected chi connectivity index (χ1v) is 9.27. The average Bonchev–Trinajstić information content (AvgIpc) is 3.06. The van der Waals surface area contributed by atoms with Gasteiger partial charge in [-0.1, -0.05) is 12.1 Å². The summed E-state index contributed by atoms with van der Waals surface area (Å²) in [6, 6.07) is 6.55. The first-order chi connectivity index (χ1) is 12.6. The van der Waals surface area contributed by atoms with Crippen molar-refractivity contribution in [1.82, 2.24) is 25.0 Å². The van der Waals surface area contributed by atoms with Gasteiger partial charge in [-0.2, -0.15) is 0 Å². The molecule has 3 rings (SSSR count). The lowest BCUT2D eigenvalue weighted by Crippen LogP contribution is -2.52. The van der Waals surface area contributed by atoms with Gasteiger partial charge in [-0.3, -0.25) is 0 Å². The van der Waals surface area contributed by atoms with Crippen LogP contribution in [-0.2, 0) is 13.6 Å². The second-order valence-corrected chi connectivity index (χ2v) is 6.72. The number of aryl methyl sites for hydroxylation is 2. The molecule has 0 atom stereocenters. The molecule has 1 aliphatic heterocycles. The van der Waals surface area contributed by atoms with Gasteiger partial charge in [0.2, 0.25) is 0 Å². The summed E-state index contributed by atoms with van der Waals surface area (Å²) in [6.45, 7) is 11.8. The molecule has 27 heavy (non-hydrogen) atoms. The van der Waals surface area contributed by atoms with Gasteiger partial charge >= 0.3 is 0 Å². The van der Waals surface area contributed by atoms with Crippen LogP contribution in [0.4, 0.5) is 5.69 Å². The lowest BCUT2D eigenvalue weighted by Gasteiger charge is -2.38. The second-order valence-electron chi connectivity index (χ2n) is 6.72. The third-order valence-electron chi connectivity index (χ3n) is 5.01. The molecule has 2 aromatic rings. The van der Waals surface area contributed by atoms with Crippen molar-refractivity contribution in [2.75, 3.05) is 37.6 Å². The minimum absolute atomic E-state index is 0. The molecule has 0 bridgehead atoms. The highest BCUT2D eigenvalue weighted by atomic mass is 127. The Kier molecular flexibility index (Phi) is 7.88. The number of nitrogens with zero attached hydrogens (tertiary/aromatic N) is 6. The highest BCUT2D eigenvalue weighted by molar-refractivity contribution is 14.0. The van der Waals surface area contributed by atoms with Gasteiger partial charge in [0.15, 0.2) is 11.8 Å². The van der Waals surface area contributed by atoms with E-state index in [0.29, 0.717) is 6.54 Å². The monoisotopic (exact) mass is 483 g/mol. The maximum atomic E-state index is 4.76. The van der Waals surface area contributed by atoms with E-state index < -0.39 is 0 Å². The van der Waals surface area contributed by atoms with Crippen LogP contribution in [0, 0.1) is 13.8 Å². The number of anilines is 1. The number of benzene rings is 1. The van der Waals surface area contributed by atoms with Crippen LogP contribution in [0.25, 0.3) is 0 Å². The Morgan fingerprint density at radius 3 is 2.56 bits per heavy atom. The van der Waals surface area contributed by atoms with E-state index in [1.54, 1.807) is 6.33 Å². The number of guanidine groups is 1. The zero-order valence-corrected chi connectivity index (χ0v) is 19.0. The van der Waals surface area contributed by atoms with Gasteiger partial charge in [0.1, 0.15) is 12.9 Å². The van der Waals surface area contributed by atoms with Crippen LogP contribution < -0.4 is 10.2 Å². The highest BCUT2D eigenvalue weighted by Gasteiger charge is 2.21. The number of halogens is 1. The van der Waals surface area contributed by atoms with E-state index >= 15 is 0 Å². The molecule has 0 amide bonds. The molecule has 1 fully saturated rings. The van der Waals surface area contributed by atoms with E-state index in [1.165, 1.54) is 16.8 Å². The Morgan fingerprint density at radius 2 is 1.93 bits per heavy atom. The van der Waals surface area contributed by atoms with Crippen molar-refractivity contribution < 1.29 is 0 Å². The smallest absolute Gasteiger partial charge is 0.194 e. The zero-order chi connectivity index (χ0) is 18.5. The summed E-state index contributed by atoms with van der Waals surface area (Å²) in [7, 11) is 1.95. The third-order valence-corrected chi connectivity index (χ3v) is 5.01. The van der Waals surface area contributed by atoms with E-state index in [9.17, 15) is 0 Å². The molecule has 0 radical (unpaired) electrons. The van der Waals surface area contributed by atoms with Crippen molar-refractivity contribution in [3.63, 3.8) is 0 Å². The highest BCUT2D eigenvalue weighted by Crippen LogP contribution is 2.23. The minimum Gasteiger partial charge on any atom is -0.368 e. The quantitative estimate of drug-likeness (QED) is 0.411. The third kappa shape index (κ3) is 5.12. The average molecular weight is 483 g/mol. The van der Waals surface area contributed by atoms with Crippen molar-refractivity contribution in [3.05, 3.63) is 41.5 Å². The molecule has 0 saturated carbocycles. The maximum Gasteiger partial charge on any atom is 0.194 e. The fraction of sp³-hybridized carbons (Fsp3) is 0.526. The number of piperazine rings is 1. The summed E-state index contributed by atoms with van der Waals surface area (Å²) in [4.78, 5) is 9.57. The maximum absolute atomic E-state index is 4.76. The van der Waals surface area contributed by atoms with Crippen LogP contribution >= 0.6 is 24.0 Å². The lowest BCUT2D eigenvalue weighted by molar-refractivity contribution is 0.372. The van der Waals surface area contributed by atoms with Crippen molar-refractivity contribution in [1.29, 1.82) is 0 Å². The molecule has 7 nitrogen and oxygen atoms in total. The standard InChI is InChI=1S/C19H29N7.HI/c1-5-20-19(21-13-18-23-22-14-24(18)4)26-11-9-25(10-12-26)17-8-6-7-15(2)16(17)3;/h6-8,14H,5,9-13H2,1-4H3,(H,20,21);1H. The fourth-order valence-corrected chi connectivity index (χ4v) is 3.26. The molecule has 1 saturated heterocycles. The van der Waals surface area contributed by atoms with Crippen LogP contribution in [0.5, 0.6) is 0 Å². The molecular formula is C19H30IN7. The van der Waals surface area contributed by atoms with Gasteiger partial charge < -0.3 is 19.7 Å². The molecule has 0 unspecified atom stereocenters. The van der Waals surface area contributed by atoms with Crippen molar-refractivity contribution in [3.8, 4) is 0 Å². The Labute approximate surface area is 178 Å². The van der Waals surface area contributed by atoms with Gasteiger partial charge in [0.05, 0.1) is 0 Å². The predicted octanol–water partition coefficient (Wildman–Crippen LogP) is 2.34. The Morgan fingerprint density at radius 1 is 1.19 bits per heavy atom. The van der Waals surface area contributed by atoms with Gasteiger partial charge in [0.25, 0.3) is 0 Å². The second kappa shape index (κ2) is 9.91. The summed E-state index contributed by atoms with van der Waals surface area (Å²) in [5.74, 6) is 1.82.